The largest absolute Gasteiger partial charge is 0.490 e. The summed E-state index contributed by atoms with van der Waals surface area (Å²) in [6, 6.07) is 6.77. The first-order valence-electron chi connectivity index (χ1n) is 6.31. The highest BCUT2D eigenvalue weighted by atomic mass is 32.1. The molecule has 0 saturated heterocycles. The highest BCUT2D eigenvalue weighted by Gasteiger charge is 2.16. The number of ether oxygens (including phenoxy) is 1. The molecule has 4 heteroatoms. The van der Waals surface area contributed by atoms with E-state index in [0.717, 1.165) is 22.6 Å². The van der Waals surface area contributed by atoms with Crippen LogP contribution in [0.2, 0.25) is 0 Å². The van der Waals surface area contributed by atoms with Crippen LogP contribution in [-0.4, -0.2) is 6.61 Å². The third kappa shape index (κ3) is 3.13. The number of thiophene rings is 1. The Labute approximate surface area is 115 Å². The van der Waals surface area contributed by atoms with Crippen molar-refractivity contribution < 1.29 is 13.5 Å². The van der Waals surface area contributed by atoms with Gasteiger partial charge in [-0.15, -0.1) is 11.3 Å². The average molecular weight is 282 g/mol. The van der Waals surface area contributed by atoms with E-state index in [9.17, 15) is 8.78 Å². The number of aryl methyl sites for hydroxylation is 1. The van der Waals surface area contributed by atoms with Crippen molar-refractivity contribution in [3.05, 3.63) is 40.8 Å². The lowest BCUT2D eigenvalue weighted by atomic mass is 10.1. The standard InChI is InChI=1S/C15H16F2OS/c1-3-4-9-18-12-7-6-11(14(16)15(12)17)13-8-5-10(2)19-13/h5-8H,3-4,9H2,1-2H3. The van der Waals surface area contributed by atoms with Crippen LogP contribution in [0.4, 0.5) is 8.78 Å². The second-order valence-electron chi connectivity index (χ2n) is 4.35. The van der Waals surface area contributed by atoms with E-state index in [1.54, 1.807) is 12.1 Å². The molecule has 2 rings (SSSR count). The van der Waals surface area contributed by atoms with Crippen LogP contribution in [0.3, 0.4) is 0 Å². The fourth-order valence-corrected chi connectivity index (χ4v) is 2.63. The van der Waals surface area contributed by atoms with Crippen LogP contribution in [0.1, 0.15) is 24.6 Å². The van der Waals surface area contributed by atoms with E-state index in [-0.39, 0.29) is 5.75 Å². The molecule has 1 nitrogen and oxygen atoms in total. The van der Waals surface area contributed by atoms with Gasteiger partial charge in [0.15, 0.2) is 11.6 Å². The molecule has 0 bridgehead atoms. The van der Waals surface area contributed by atoms with Gasteiger partial charge in [0.1, 0.15) is 0 Å². The van der Waals surface area contributed by atoms with E-state index < -0.39 is 11.6 Å². The average Bonchev–Trinajstić information content (AvgIpc) is 2.81. The Morgan fingerprint density at radius 3 is 2.53 bits per heavy atom. The van der Waals surface area contributed by atoms with Gasteiger partial charge in [0.05, 0.1) is 6.61 Å². The molecule has 1 heterocycles. The molecule has 0 saturated carbocycles. The van der Waals surface area contributed by atoms with Crippen molar-refractivity contribution in [2.24, 2.45) is 0 Å². The van der Waals surface area contributed by atoms with Crippen LogP contribution in [0.15, 0.2) is 24.3 Å². The first-order chi connectivity index (χ1) is 9.13. The molecular weight excluding hydrogens is 266 g/mol. The summed E-state index contributed by atoms with van der Waals surface area (Å²) in [6.07, 6.45) is 1.78. The lowest BCUT2D eigenvalue weighted by molar-refractivity contribution is 0.289. The molecule has 0 atom stereocenters. The number of unbranched alkanes of at least 4 members (excludes halogenated alkanes) is 1. The maximum absolute atomic E-state index is 14.0. The number of hydrogen-bond acceptors (Lipinski definition) is 2. The molecule has 0 aliphatic heterocycles. The van der Waals surface area contributed by atoms with Crippen LogP contribution in [0, 0.1) is 18.6 Å². The monoisotopic (exact) mass is 282 g/mol. The molecule has 0 spiro atoms. The summed E-state index contributed by atoms with van der Waals surface area (Å²) in [5.41, 5.74) is 0.290. The van der Waals surface area contributed by atoms with Gasteiger partial charge in [-0.1, -0.05) is 13.3 Å². The first kappa shape index (κ1) is 14.0. The van der Waals surface area contributed by atoms with Gasteiger partial charge >= 0.3 is 0 Å². The summed E-state index contributed by atoms with van der Waals surface area (Å²) in [6.45, 7) is 4.36. The highest BCUT2D eigenvalue weighted by Crippen LogP contribution is 2.33. The Morgan fingerprint density at radius 2 is 1.89 bits per heavy atom. The Hall–Kier alpha value is -1.42. The van der Waals surface area contributed by atoms with Gasteiger partial charge in [-0.2, -0.15) is 4.39 Å². The zero-order chi connectivity index (χ0) is 13.8. The van der Waals surface area contributed by atoms with Gasteiger partial charge in [0, 0.05) is 15.3 Å². The lowest BCUT2D eigenvalue weighted by Gasteiger charge is -2.09. The molecule has 2 aromatic rings. The molecule has 19 heavy (non-hydrogen) atoms. The Kier molecular flexibility index (Phi) is 4.53. The number of rotatable bonds is 5. The van der Waals surface area contributed by atoms with E-state index in [4.69, 9.17) is 4.74 Å². The fraction of sp³-hybridized carbons (Fsp3) is 0.333. The van der Waals surface area contributed by atoms with Crippen molar-refractivity contribution >= 4 is 11.3 Å². The molecule has 102 valence electrons. The van der Waals surface area contributed by atoms with Crippen molar-refractivity contribution in [3.8, 4) is 16.2 Å². The molecule has 0 fully saturated rings. The summed E-state index contributed by atoms with van der Waals surface area (Å²) < 4.78 is 33.1. The minimum atomic E-state index is -0.903. The van der Waals surface area contributed by atoms with Gasteiger partial charge in [-0.05, 0) is 37.6 Å². The van der Waals surface area contributed by atoms with Crippen LogP contribution in [-0.2, 0) is 0 Å². The van der Waals surface area contributed by atoms with E-state index in [1.807, 2.05) is 19.9 Å². The maximum Gasteiger partial charge on any atom is 0.201 e. The normalized spacial score (nSPS) is 10.7. The van der Waals surface area contributed by atoms with Crippen molar-refractivity contribution in [2.45, 2.75) is 26.7 Å². The molecule has 1 aromatic carbocycles. The first-order valence-corrected chi connectivity index (χ1v) is 7.12. The van der Waals surface area contributed by atoms with Gasteiger partial charge < -0.3 is 4.74 Å². The predicted molar refractivity (Wildman–Crippen MR) is 74.8 cm³/mol. The number of benzene rings is 1. The van der Waals surface area contributed by atoms with Crippen molar-refractivity contribution in [1.29, 1.82) is 0 Å². The van der Waals surface area contributed by atoms with E-state index in [1.165, 1.54) is 17.4 Å². The second kappa shape index (κ2) is 6.15. The Morgan fingerprint density at radius 1 is 1.11 bits per heavy atom. The molecular formula is C15H16F2OS. The number of halogens is 2. The molecule has 1 aromatic heterocycles. The molecule has 0 radical (unpaired) electrons. The summed E-state index contributed by atoms with van der Waals surface area (Å²) >= 11 is 1.44. The quantitative estimate of drug-likeness (QED) is 0.686. The molecule has 0 aliphatic carbocycles. The summed E-state index contributed by atoms with van der Waals surface area (Å²) in [7, 11) is 0. The van der Waals surface area contributed by atoms with Crippen LogP contribution >= 0.6 is 11.3 Å². The highest BCUT2D eigenvalue weighted by molar-refractivity contribution is 7.15. The molecule has 0 unspecified atom stereocenters. The molecule has 0 N–H and O–H groups in total. The topological polar surface area (TPSA) is 9.23 Å². The smallest absolute Gasteiger partial charge is 0.201 e. The molecule has 0 aliphatic rings. The van der Waals surface area contributed by atoms with Gasteiger partial charge in [-0.3, -0.25) is 0 Å². The van der Waals surface area contributed by atoms with Crippen LogP contribution in [0.25, 0.3) is 10.4 Å². The maximum atomic E-state index is 14.0. The number of hydrogen-bond donors (Lipinski definition) is 0. The second-order valence-corrected chi connectivity index (χ2v) is 5.64. The third-order valence-electron chi connectivity index (χ3n) is 2.81. The zero-order valence-corrected chi connectivity index (χ0v) is 11.8. The zero-order valence-electron chi connectivity index (χ0n) is 11.0. The van der Waals surface area contributed by atoms with Crippen LogP contribution < -0.4 is 4.74 Å². The third-order valence-corrected chi connectivity index (χ3v) is 3.84. The lowest BCUT2D eigenvalue weighted by Crippen LogP contribution is -2.00. The predicted octanol–water partition coefficient (Wildman–Crippen LogP) is 5.18. The summed E-state index contributed by atoms with van der Waals surface area (Å²) in [5.74, 6) is -1.75. The minimum Gasteiger partial charge on any atom is -0.490 e. The van der Waals surface area contributed by atoms with Gasteiger partial charge in [0.25, 0.3) is 0 Å². The van der Waals surface area contributed by atoms with Crippen LogP contribution in [0.5, 0.6) is 5.75 Å². The summed E-state index contributed by atoms with van der Waals surface area (Å²) in [5, 5.41) is 0. The molecule has 0 amide bonds. The van der Waals surface area contributed by atoms with E-state index in [0.29, 0.717) is 12.2 Å². The SMILES string of the molecule is CCCCOc1ccc(-c2ccc(C)s2)c(F)c1F. The fourth-order valence-electron chi connectivity index (χ4n) is 1.74. The Bertz CT molecular complexity index is 563. The van der Waals surface area contributed by atoms with Gasteiger partial charge in [0.2, 0.25) is 5.82 Å². The van der Waals surface area contributed by atoms with Crippen molar-refractivity contribution in [2.75, 3.05) is 6.61 Å². The Balaban J connectivity index is 2.27. The van der Waals surface area contributed by atoms with Crippen molar-refractivity contribution in [3.63, 3.8) is 0 Å². The minimum absolute atomic E-state index is 0.0111. The van der Waals surface area contributed by atoms with Crippen molar-refractivity contribution in [1.82, 2.24) is 0 Å². The van der Waals surface area contributed by atoms with E-state index >= 15 is 0 Å². The summed E-state index contributed by atoms with van der Waals surface area (Å²) in [4.78, 5) is 1.80. The van der Waals surface area contributed by atoms with Gasteiger partial charge in [-0.25, -0.2) is 4.39 Å². The van der Waals surface area contributed by atoms with E-state index in [2.05, 4.69) is 0 Å².